The molecule has 0 radical (unpaired) electrons. The zero-order valence-electron chi connectivity index (χ0n) is 9.02. The Bertz CT molecular complexity index is 465. The smallest absolute Gasteiger partial charge is 0.235 e. The van der Waals surface area contributed by atoms with E-state index in [-0.39, 0.29) is 5.25 Å². The fraction of sp³-hybridized carbons (Fsp3) is 0.455. The van der Waals surface area contributed by atoms with Crippen molar-refractivity contribution in [2.45, 2.75) is 30.9 Å². The van der Waals surface area contributed by atoms with E-state index in [0.29, 0.717) is 11.4 Å². The molecule has 0 atom stereocenters. The van der Waals surface area contributed by atoms with Gasteiger partial charge in [0, 0.05) is 5.69 Å². The molecule has 4 nitrogen and oxygen atoms in total. The van der Waals surface area contributed by atoms with Crippen molar-refractivity contribution >= 4 is 21.4 Å². The fourth-order valence-corrected chi connectivity index (χ4v) is 3.62. The number of sulfonamides is 1. The molecule has 88 valence electrons. The molecular formula is C11H16N2O2S. The Hall–Kier alpha value is -1.23. The molecule has 1 aliphatic carbocycles. The van der Waals surface area contributed by atoms with Crippen LogP contribution in [0.2, 0.25) is 0 Å². The lowest BCUT2D eigenvalue weighted by Gasteiger charge is -2.13. The van der Waals surface area contributed by atoms with Crippen molar-refractivity contribution in [3.8, 4) is 0 Å². The van der Waals surface area contributed by atoms with Gasteiger partial charge in [0.2, 0.25) is 10.0 Å². The van der Waals surface area contributed by atoms with Crippen LogP contribution in [0.1, 0.15) is 25.7 Å². The van der Waals surface area contributed by atoms with Gasteiger partial charge in [-0.15, -0.1) is 0 Å². The molecule has 0 unspecified atom stereocenters. The molecule has 1 aromatic rings. The maximum absolute atomic E-state index is 12.0. The quantitative estimate of drug-likeness (QED) is 0.793. The van der Waals surface area contributed by atoms with Crippen molar-refractivity contribution in [3.05, 3.63) is 24.3 Å². The minimum atomic E-state index is -3.24. The molecule has 1 aliphatic rings. The van der Waals surface area contributed by atoms with E-state index in [1.165, 1.54) is 0 Å². The highest BCUT2D eigenvalue weighted by molar-refractivity contribution is 7.93. The maximum atomic E-state index is 12.0. The Kier molecular flexibility index (Phi) is 3.05. The number of rotatable bonds is 3. The molecule has 1 saturated carbocycles. The van der Waals surface area contributed by atoms with Crippen LogP contribution in [0.15, 0.2) is 24.3 Å². The van der Waals surface area contributed by atoms with Crippen molar-refractivity contribution in [1.82, 2.24) is 0 Å². The average molecular weight is 240 g/mol. The van der Waals surface area contributed by atoms with Crippen LogP contribution in [0.3, 0.4) is 0 Å². The van der Waals surface area contributed by atoms with Crippen LogP contribution < -0.4 is 10.5 Å². The van der Waals surface area contributed by atoms with Crippen LogP contribution in [0.25, 0.3) is 0 Å². The van der Waals surface area contributed by atoms with Gasteiger partial charge >= 0.3 is 0 Å². The number of anilines is 2. The van der Waals surface area contributed by atoms with Crippen molar-refractivity contribution in [1.29, 1.82) is 0 Å². The summed E-state index contributed by atoms with van der Waals surface area (Å²) >= 11 is 0. The highest BCUT2D eigenvalue weighted by Gasteiger charge is 2.28. The molecule has 0 bridgehead atoms. The molecule has 0 amide bonds. The summed E-state index contributed by atoms with van der Waals surface area (Å²) in [6, 6.07) is 6.81. The second kappa shape index (κ2) is 4.33. The van der Waals surface area contributed by atoms with Gasteiger partial charge in [0.1, 0.15) is 0 Å². The van der Waals surface area contributed by atoms with Crippen molar-refractivity contribution < 1.29 is 8.42 Å². The number of nitrogens with one attached hydrogen (secondary N) is 1. The summed E-state index contributed by atoms with van der Waals surface area (Å²) < 4.78 is 26.5. The van der Waals surface area contributed by atoms with Gasteiger partial charge in [-0.05, 0) is 31.0 Å². The molecule has 1 aromatic carbocycles. The largest absolute Gasteiger partial charge is 0.399 e. The summed E-state index contributed by atoms with van der Waals surface area (Å²) in [6.07, 6.45) is 3.53. The predicted octanol–water partition coefficient (Wildman–Crippen LogP) is 1.95. The van der Waals surface area contributed by atoms with E-state index in [9.17, 15) is 8.42 Å². The molecule has 0 aromatic heterocycles. The topological polar surface area (TPSA) is 72.2 Å². The van der Waals surface area contributed by atoms with Crippen LogP contribution in [0.4, 0.5) is 11.4 Å². The zero-order chi connectivity index (χ0) is 11.6. The van der Waals surface area contributed by atoms with Crippen molar-refractivity contribution in [2.24, 2.45) is 0 Å². The third-order valence-corrected chi connectivity index (χ3v) is 4.76. The predicted molar refractivity (Wildman–Crippen MR) is 65.7 cm³/mol. The minimum absolute atomic E-state index is 0.242. The van der Waals surface area contributed by atoms with Gasteiger partial charge in [0.05, 0.1) is 10.9 Å². The summed E-state index contributed by atoms with van der Waals surface area (Å²) in [6.45, 7) is 0. The minimum Gasteiger partial charge on any atom is -0.399 e. The fourth-order valence-electron chi connectivity index (χ4n) is 2.05. The lowest BCUT2D eigenvalue weighted by molar-refractivity contribution is 0.585. The lowest BCUT2D eigenvalue weighted by Crippen LogP contribution is -2.25. The lowest BCUT2D eigenvalue weighted by atomic mass is 10.3. The summed E-state index contributed by atoms with van der Waals surface area (Å²) in [5, 5.41) is -0.242. The summed E-state index contributed by atoms with van der Waals surface area (Å²) in [5.41, 5.74) is 6.71. The molecule has 2 rings (SSSR count). The maximum Gasteiger partial charge on any atom is 0.235 e. The molecule has 16 heavy (non-hydrogen) atoms. The van der Waals surface area contributed by atoms with Crippen LogP contribution in [-0.2, 0) is 10.0 Å². The van der Waals surface area contributed by atoms with E-state index in [2.05, 4.69) is 4.72 Å². The van der Waals surface area contributed by atoms with E-state index >= 15 is 0 Å². The number of nitrogens with two attached hydrogens (primary N) is 1. The van der Waals surface area contributed by atoms with Crippen molar-refractivity contribution in [2.75, 3.05) is 10.5 Å². The second-order valence-electron chi connectivity index (χ2n) is 4.18. The van der Waals surface area contributed by atoms with Crippen LogP contribution >= 0.6 is 0 Å². The van der Waals surface area contributed by atoms with Crippen molar-refractivity contribution in [3.63, 3.8) is 0 Å². The zero-order valence-corrected chi connectivity index (χ0v) is 9.83. The Morgan fingerprint density at radius 2 is 1.94 bits per heavy atom. The summed E-state index contributed by atoms with van der Waals surface area (Å²) in [7, 11) is -3.24. The van der Waals surface area contributed by atoms with E-state index in [0.717, 1.165) is 25.7 Å². The molecule has 5 heteroatoms. The average Bonchev–Trinajstić information content (AvgIpc) is 2.69. The van der Waals surface area contributed by atoms with Crippen LogP contribution in [0, 0.1) is 0 Å². The molecule has 0 spiro atoms. The van der Waals surface area contributed by atoms with E-state index < -0.39 is 10.0 Å². The first-order chi connectivity index (χ1) is 7.58. The van der Waals surface area contributed by atoms with Gasteiger partial charge in [0.25, 0.3) is 0 Å². The van der Waals surface area contributed by atoms with Gasteiger partial charge in [0.15, 0.2) is 0 Å². The Morgan fingerprint density at radius 1 is 1.25 bits per heavy atom. The second-order valence-corrected chi connectivity index (χ2v) is 6.14. The van der Waals surface area contributed by atoms with Crippen LogP contribution in [-0.4, -0.2) is 13.7 Å². The van der Waals surface area contributed by atoms with Gasteiger partial charge in [-0.1, -0.05) is 18.9 Å². The molecule has 0 heterocycles. The number of nitrogen functional groups attached to an aromatic ring is 1. The van der Waals surface area contributed by atoms with E-state index in [1.807, 2.05) is 0 Å². The highest BCUT2D eigenvalue weighted by atomic mass is 32.2. The summed E-state index contributed by atoms with van der Waals surface area (Å²) in [4.78, 5) is 0. The van der Waals surface area contributed by atoms with Crippen LogP contribution in [0.5, 0.6) is 0 Å². The molecule has 0 saturated heterocycles. The van der Waals surface area contributed by atoms with E-state index in [4.69, 9.17) is 5.73 Å². The van der Waals surface area contributed by atoms with E-state index in [1.54, 1.807) is 24.3 Å². The number of benzene rings is 1. The first kappa shape index (κ1) is 11.3. The Labute approximate surface area is 95.9 Å². The molecule has 1 fully saturated rings. The molecule has 0 aliphatic heterocycles. The first-order valence-corrected chi connectivity index (χ1v) is 7.00. The van der Waals surface area contributed by atoms with Gasteiger partial charge < -0.3 is 5.73 Å². The Balaban J connectivity index is 2.14. The normalized spacial score (nSPS) is 17.5. The monoisotopic (exact) mass is 240 g/mol. The number of hydrogen-bond donors (Lipinski definition) is 2. The third kappa shape index (κ3) is 2.47. The standard InChI is InChI=1S/C11H16N2O2S/c12-9-4-3-5-10(8-9)13-16(14,15)11-6-1-2-7-11/h3-5,8,11,13H,1-2,6-7,12H2. The van der Waals surface area contributed by atoms with Gasteiger partial charge in [-0.25, -0.2) is 8.42 Å². The first-order valence-electron chi connectivity index (χ1n) is 5.45. The molecule has 3 N–H and O–H groups in total. The van der Waals surface area contributed by atoms with Gasteiger partial charge in [-0.2, -0.15) is 0 Å². The third-order valence-electron chi connectivity index (χ3n) is 2.89. The van der Waals surface area contributed by atoms with Gasteiger partial charge in [-0.3, -0.25) is 4.72 Å². The Morgan fingerprint density at radius 3 is 2.56 bits per heavy atom. The highest BCUT2D eigenvalue weighted by Crippen LogP contribution is 2.26. The number of hydrogen-bond acceptors (Lipinski definition) is 3. The molecular weight excluding hydrogens is 224 g/mol. The SMILES string of the molecule is Nc1cccc(NS(=O)(=O)C2CCCC2)c1. The summed E-state index contributed by atoms with van der Waals surface area (Å²) in [5.74, 6) is 0.